The first-order valence-corrected chi connectivity index (χ1v) is 10.3. The van der Waals surface area contributed by atoms with Gasteiger partial charge in [-0.1, -0.05) is 6.07 Å². The van der Waals surface area contributed by atoms with Crippen LogP contribution in [0.25, 0.3) is 0 Å². The van der Waals surface area contributed by atoms with Crippen molar-refractivity contribution in [1.29, 1.82) is 0 Å². The van der Waals surface area contributed by atoms with E-state index >= 15 is 0 Å². The maximum absolute atomic E-state index is 13.9. The van der Waals surface area contributed by atoms with Gasteiger partial charge in [-0.05, 0) is 36.8 Å². The Morgan fingerprint density at radius 2 is 2.03 bits per heavy atom. The van der Waals surface area contributed by atoms with Crippen molar-refractivity contribution in [2.45, 2.75) is 13.5 Å². The number of halogens is 2. The van der Waals surface area contributed by atoms with Gasteiger partial charge in [-0.3, -0.25) is 9.88 Å². The van der Waals surface area contributed by atoms with E-state index < -0.39 is 0 Å². The lowest BCUT2D eigenvalue weighted by Crippen LogP contribution is -2.52. The third kappa shape index (κ3) is 7.80. The number of pyridine rings is 1. The molecule has 0 spiro atoms. The molecule has 7 nitrogen and oxygen atoms in total. The molecular weight excluding hydrogens is 512 g/mol. The number of nitrogens with one attached hydrogen (secondary N) is 1. The molecule has 9 heteroatoms. The summed E-state index contributed by atoms with van der Waals surface area (Å²) in [5.41, 5.74) is 0.954. The van der Waals surface area contributed by atoms with Crippen LogP contribution in [0.3, 0.4) is 0 Å². The molecular formula is C22H31FIN5O2. The largest absolute Gasteiger partial charge is 0.494 e. The molecule has 3 rings (SSSR count). The van der Waals surface area contributed by atoms with Crippen molar-refractivity contribution in [3.05, 3.63) is 54.1 Å². The van der Waals surface area contributed by atoms with Crippen molar-refractivity contribution in [2.24, 2.45) is 4.99 Å². The highest BCUT2D eigenvalue weighted by Crippen LogP contribution is 2.19. The Balaban J connectivity index is 0.00000341. The van der Waals surface area contributed by atoms with E-state index in [1.54, 1.807) is 24.5 Å². The van der Waals surface area contributed by atoms with Crippen LogP contribution in [0.5, 0.6) is 11.5 Å². The van der Waals surface area contributed by atoms with Crippen LogP contribution < -0.4 is 14.8 Å². The molecule has 31 heavy (non-hydrogen) atoms. The van der Waals surface area contributed by atoms with Gasteiger partial charge < -0.3 is 19.7 Å². The van der Waals surface area contributed by atoms with Gasteiger partial charge >= 0.3 is 0 Å². The number of rotatable bonds is 8. The Kier molecular flexibility index (Phi) is 10.8. The van der Waals surface area contributed by atoms with Crippen molar-refractivity contribution in [3.8, 4) is 11.5 Å². The summed E-state index contributed by atoms with van der Waals surface area (Å²) in [4.78, 5) is 13.3. The molecule has 2 heterocycles. The van der Waals surface area contributed by atoms with Crippen molar-refractivity contribution in [3.63, 3.8) is 0 Å². The van der Waals surface area contributed by atoms with Crippen LogP contribution in [0.1, 0.15) is 12.5 Å². The Morgan fingerprint density at radius 1 is 1.23 bits per heavy atom. The van der Waals surface area contributed by atoms with E-state index in [-0.39, 0.29) is 35.5 Å². The molecule has 1 aromatic heterocycles. The number of benzene rings is 1. The zero-order valence-corrected chi connectivity index (χ0v) is 20.4. The van der Waals surface area contributed by atoms with E-state index in [4.69, 9.17) is 14.5 Å². The van der Waals surface area contributed by atoms with Crippen LogP contribution in [-0.4, -0.2) is 73.7 Å². The normalized spacial score (nSPS) is 14.7. The highest BCUT2D eigenvalue weighted by Gasteiger charge is 2.20. The van der Waals surface area contributed by atoms with Crippen LogP contribution >= 0.6 is 24.0 Å². The molecule has 2 aromatic rings. The molecule has 170 valence electrons. The number of ether oxygens (including phenoxy) is 2. The average molecular weight is 543 g/mol. The number of methoxy groups -OCH3 is 1. The highest BCUT2D eigenvalue weighted by atomic mass is 127. The fourth-order valence-corrected chi connectivity index (χ4v) is 3.36. The first-order chi connectivity index (χ1) is 14.7. The molecule has 0 atom stereocenters. The van der Waals surface area contributed by atoms with Crippen LogP contribution in [0.2, 0.25) is 0 Å². The molecule has 0 saturated carbocycles. The van der Waals surface area contributed by atoms with Gasteiger partial charge in [-0.25, -0.2) is 9.38 Å². The third-order valence-corrected chi connectivity index (χ3v) is 4.89. The number of aliphatic imine (C=N–C) groups is 1. The average Bonchev–Trinajstić information content (AvgIpc) is 2.77. The Bertz CT molecular complexity index is 817. The molecule has 0 bridgehead atoms. The van der Waals surface area contributed by atoms with Crippen LogP contribution in [0, 0.1) is 5.82 Å². The molecule has 1 saturated heterocycles. The van der Waals surface area contributed by atoms with Gasteiger partial charge in [0.1, 0.15) is 12.4 Å². The second-order valence-corrected chi connectivity index (χ2v) is 7.00. The Hall–Kier alpha value is -2.14. The summed E-state index contributed by atoms with van der Waals surface area (Å²) in [6, 6.07) is 8.89. The number of hydrogen-bond acceptors (Lipinski definition) is 5. The number of piperazine rings is 1. The summed E-state index contributed by atoms with van der Waals surface area (Å²) in [5, 5.41) is 3.36. The molecule has 0 unspecified atom stereocenters. The number of nitrogens with zero attached hydrogens (tertiary/aromatic N) is 4. The first kappa shape index (κ1) is 25.1. The summed E-state index contributed by atoms with van der Waals surface area (Å²) in [7, 11) is 1.48. The van der Waals surface area contributed by atoms with Crippen molar-refractivity contribution in [2.75, 3.05) is 53.0 Å². The van der Waals surface area contributed by atoms with E-state index in [9.17, 15) is 4.39 Å². The van der Waals surface area contributed by atoms with Gasteiger partial charge in [-0.15, -0.1) is 24.0 Å². The maximum atomic E-state index is 13.9. The Morgan fingerprint density at radius 3 is 2.68 bits per heavy atom. The van der Waals surface area contributed by atoms with E-state index in [0.717, 1.165) is 56.5 Å². The zero-order chi connectivity index (χ0) is 21.2. The fraction of sp³-hybridized carbons (Fsp3) is 0.455. The second-order valence-electron chi connectivity index (χ2n) is 7.00. The SMILES string of the molecule is CCNC(=NCCOc1cccnc1)N1CCN(Cc2ccc(OC)c(F)c2)CC1.I. The summed E-state index contributed by atoms with van der Waals surface area (Å²) >= 11 is 0. The predicted molar refractivity (Wildman–Crippen MR) is 131 cm³/mol. The molecule has 0 radical (unpaired) electrons. The molecule has 1 aromatic carbocycles. The third-order valence-electron chi connectivity index (χ3n) is 4.89. The minimum atomic E-state index is -0.316. The molecule has 1 aliphatic heterocycles. The summed E-state index contributed by atoms with van der Waals surface area (Å²) < 4.78 is 24.6. The lowest BCUT2D eigenvalue weighted by atomic mass is 10.2. The topological polar surface area (TPSA) is 62.2 Å². The van der Waals surface area contributed by atoms with E-state index in [2.05, 4.69) is 27.0 Å². The number of guanidine groups is 1. The van der Waals surface area contributed by atoms with Gasteiger partial charge in [-0.2, -0.15) is 0 Å². The maximum Gasteiger partial charge on any atom is 0.194 e. The van der Waals surface area contributed by atoms with Gasteiger partial charge in [0.15, 0.2) is 17.5 Å². The zero-order valence-electron chi connectivity index (χ0n) is 18.1. The molecule has 0 aliphatic carbocycles. The number of hydrogen-bond donors (Lipinski definition) is 1. The number of aromatic nitrogens is 1. The summed E-state index contributed by atoms with van der Waals surface area (Å²) in [5.74, 6) is 1.62. The Labute approximate surface area is 200 Å². The van der Waals surface area contributed by atoms with E-state index in [0.29, 0.717) is 13.2 Å². The second kappa shape index (κ2) is 13.3. The van der Waals surface area contributed by atoms with Crippen molar-refractivity contribution in [1.82, 2.24) is 20.1 Å². The lowest BCUT2D eigenvalue weighted by Gasteiger charge is -2.36. The standard InChI is InChI=1S/C22H30FN5O2.HI/c1-3-25-22(26-9-14-30-19-5-4-8-24-16-19)28-12-10-27(11-13-28)17-18-6-7-21(29-2)20(23)15-18;/h4-8,15-16H,3,9-14,17H2,1-2H3,(H,25,26);1H. The smallest absolute Gasteiger partial charge is 0.194 e. The quantitative estimate of drug-likeness (QED) is 0.239. The minimum absolute atomic E-state index is 0. The van der Waals surface area contributed by atoms with Gasteiger partial charge in [0, 0.05) is 45.5 Å². The van der Waals surface area contributed by atoms with Gasteiger partial charge in [0.2, 0.25) is 0 Å². The van der Waals surface area contributed by atoms with E-state index in [1.165, 1.54) is 7.11 Å². The molecule has 1 N–H and O–H groups in total. The molecule has 0 amide bonds. The highest BCUT2D eigenvalue weighted by molar-refractivity contribution is 14.0. The first-order valence-electron chi connectivity index (χ1n) is 10.3. The predicted octanol–water partition coefficient (Wildman–Crippen LogP) is 3.01. The van der Waals surface area contributed by atoms with E-state index in [1.807, 2.05) is 18.2 Å². The van der Waals surface area contributed by atoms with Crippen LogP contribution in [0.4, 0.5) is 4.39 Å². The minimum Gasteiger partial charge on any atom is -0.494 e. The molecule has 1 aliphatic rings. The van der Waals surface area contributed by atoms with Crippen molar-refractivity contribution >= 4 is 29.9 Å². The van der Waals surface area contributed by atoms with Gasteiger partial charge in [0.25, 0.3) is 0 Å². The summed E-state index contributed by atoms with van der Waals surface area (Å²) in [6.07, 6.45) is 3.42. The van der Waals surface area contributed by atoms with Crippen molar-refractivity contribution < 1.29 is 13.9 Å². The van der Waals surface area contributed by atoms with Gasteiger partial charge in [0.05, 0.1) is 19.9 Å². The molecule has 1 fully saturated rings. The fourth-order valence-electron chi connectivity index (χ4n) is 3.36. The summed E-state index contributed by atoms with van der Waals surface area (Å²) in [6.45, 7) is 8.20. The lowest BCUT2D eigenvalue weighted by molar-refractivity contribution is 0.172. The van der Waals surface area contributed by atoms with Crippen LogP contribution in [0.15, 0.2) is 47.7 Å². The van der Waals surface area contributed by atoms with Crippen LogP contribution in [-0.2, 0) is 6.54 Å². The monoisotopic (exact) mass is 543 g/mol.